The second-order valence-corrected chi connectivity index (χ2v) is 22.8. The summed E-state index contributed by atoms with van der Waals surface area (Å²) in [5, 5.41) is 16.8. The molecule has 2 fully saturated rings. The molecule has 0 spiro atoms. The molecule has 16 nitrogen and oxygen atoms in total. The second kappa shape index (κ2) is 23.4. The number of nitrogens with two attached hydrogens (primary N) is 2. The van der Waals surface area contributed by atoms with Gasteiger partial charge in [0.05, 0.1) is 59.3 Å². The SMILES string of the molecule is Cc1ncsc1-c1ccc(CNC(=O)[C@@H]2C[C@@H](O)CN2C(=O)[C@@H](CC(=O)C2(F)CC2)C(C)(C)C)c(OCCCCc2ccc(CO[C@H](C)[C@H](CCC(N)=O)NC(=O)[C@@H]3Cc4cccc5c4N3C(=O)[C@@H](N)CC5)cc2)c1. The van der Waals surface area contributed by atoms with Gasteiger partial charge in [0, 0.05) is 50.3 Å². The number of primary amides is 1. The van der Waals surface area contributed by atoms with Crippen LogP contribution in [0.4, 0.5) is 10.1 Å². The van der Waals surface area contributed by atoms with Crippen molar-refractivity contribution in [2.45, 2.75) is 167 Å². The van der Waals surface area contributed by atoms with Gasteiger partial charge >= 0.3 is 0 Å². The van der Waals surface area contributed by atoms with E-state index in [1.807, 2.05) is 83.1 Å². The highest BCUT2D eigenvalue weighted by Gasteiger charge is 2.53. The van der Waals surface area contributed by atoms with Gasteiger partial charge in [0.25, 0.3) is 0 Å². The number of likely N-dealkylation sites (tertiary alicyclic amines) is 1. The molecule has 0 radical (unpaired) electrons. The van der Waals surface area contributed by atoms with Crippen LogP contribution in [0, 0.1) is 18.3 Å². The number of para-hydroxylation sites is 1. The van der Waals surface area contributed by atoms with E-state index in [1.165, 1.54) is 16.2 Å². The number of aromatic nitrogens is 1. The van der Waals surface area contributed by atoms with E-state index in [0.717, 1.165) is 68.9 Å². The molecule has 1 aliphatic carbocycles. The quantitative estimate of drug-likeness (QED) is 0.0532. The van der Waals surface area contributed by atoms with Crippen molar-refractivity contribution in [2.75, 3.05) is 18.1 Å². The van der Waals surface area contributed by atoms with Crippen molar-refractivity contribution in [2.24, 2.45) is 22.8 Å². The fraction of sp³-hybridized carbons (Fsp3) is 0.526. The maximum absolute atomic E-state index is 14.7. The number of nitrogens with zero attached hydrogens (tertiary/aromatic N) is 3. The number of amides is 5. The van der Waals surface area contributed by atoms with Gasteiger partial charge in [-0.3, -0.25) is 33.7 Å². The Balaban J connectivity index is 0.836. The number of nitrogens with one attached hydrogen (secondary N) is 2. The van der Waals surface area contributed by atoms with Crippen LogP contribution < -0.4 is 31.7 Å². The Morgan fingerprint density at radius 2 is 1.73 bits per heavy atom. The highest BCUT2D eigenvalue weighted by molar-refractivity contribution is 7.13. The van der Waals surface area contributed by atoms with Crippen LogP contribution in [0.2, 0.25) is 0 Å². The van der Waals surface area contributed by atoms with Gasteiger partial charge in [-0.1, -0.05) is 75.4 Å². The van der Waals surface area contributed by atoms with E-state index in [4.69, 9.17) is 20.9 Å². The lowest BCUT2D eigenvalue weighted by molar-refractivity contribution is -0.147. The summed E-state index contributed by atoms with van der Waals surface area (Å²) in [6.45, 7) is 9.97. The normalized spacial score (nSPS) is 20.9. The van der Waals surface area contributed by atoms with E-state index >= 15 is 0 Å². The molecule has 4 aromatic rings. The number of anilines is 1. The number of unbranched alkanes of at least 4 members (excludes halogenated alkanes) is 1. The lowest BCUT2D eigenvalue weighted by atomic mass is 9.76. The van der Waals surface area contributed by atoms with Crippen molar-refractivity contribution in [3.8, 4) is 16.2 Å². The third kappa shape index (κ3) is 13.1. The monoisotopic (exact) mass is 1050 g/mol. The number of aliphatic hydroxyl groups is 1. The van der Waals surface area contributed by atoms with Crippen LogP contribution in [-0.4, -0.2) is 106 Å². The lowest BCUT2D eigenvalue weighted by Gasteiger charge is -2.35. The van der Waals surface area contributed by atoms with Crippen LogP contribution >= 0.6 is 11.3 Å². The highest BCUT2D eigenvalue weighted by Crippen LogP contribution is 2.45. The summed E-state index contributed by atoms with van der Waals surface area (Å²) in [7, 11) is 0. The summed E-state index contributed by atoms with van der Waals surface area (Å²) in [5.41, 5.74) is 18.3. The molecule has 8 rings (SSSR count). The molecule has 4 aliphatic rings. The third-order valence-electron chi connectivity index (χ3n) is 15.3. The molecule has 7 N–H and O–H groups in total. The minimum atomic E-state index is -1.87. The molecule has 0 bridgehead atoms. The molecule has 18 heteroatoms. The Morgan fingerprint density at radius 3 is 2.43 bits per heavy atom. The lowest BCUT2D eigenvalue weighted by Crippen LogP contribution is -2.55. The van der Waals surface area contributed by atoms with Crippen molar-refractivity contribution in [1.29, 1.82) is 0 Å². The van der Waals surface area contributed by atoms with Crippen LogP contribution in [0.25, 0.3) is 10.4 Å². The van der Waals surface area contributed by atoms with Crippen molar-refractivity contribution in [3.05, 3.63) is 99.7 Å². The molecule has 5 amide bonds. The molecule has 402 valence electrons. The van der Waals surface area contributed by atoms with Crippen molar-refractivity contribution in [1.82, 2.24) is 20.5 Å². The molecule has 75 heavy (non-hydrogen) atoms. The first-order valence-corrected chi connectivity index (χ1v) is 27.2. The maximum Gasteiger partial charge on any atom is 0.244 e. The number of aryl methyl sites for hydroxylation is 3. The number of thiazole rings is 1. The Hall–Kier alpha value is -6.08. The van der Waals surface area contributed by atoms with Gasteiger partial charge in [-0.2, -0.15) is 0 Å². The summed E-state index contributed by atoms with van der Waals surface area (Å²) in [6, 6.07) is 16.8. The predicted octanol–water partition coefficient (Wildman–Crippen LogP) is 6.11. The van der Waals surface area contributed by atoms with Gasteiger partial charge in [-0.05, 0) is 105 Å². The molecular formula is C57H72FN7O9S. The standard InChI is InChI=1S/C57H72FN7O9S/c1-33-51(75-32-62-33)39-16-17-40(29-61-52(69)45-27-41(66)30-64(45)54(71)42(56(3,4)5)28-48(67)57(58)22-23-57)47(26-39)73-24-7-6-9-35-12-14-36(15-13-35)31-74-34(2)44(20-21-49(60)68)63-53(70)46-25-38-11-8-10-37-18-19-43(59)55(72)65(46)50(37)38/h8,10-17,26,32,34,41-46,66H,6-7,9,18-25,27-31,59H2,1-5H3,(H2,60,68)(H,61,69)(H,63,70)/t34-,41-,42-,43+,44+,45+,46+/m1/s1. The molecule has 1 aromatic heterocycles. The molecule has 1 saturated carbocycles. The number of carbonyl (C=O) groups is 6. The van der Waals surface area contributed by atoms with E-state index < -0.39 is 76.9 Å². The first-order chi connectivity index (χ1) is 35.7. The van der Waals surface area contributed by atoms with Gasteiger partial charge in [0.2, 0.25) is 29.5 Å². The fourth-order valence-electron chi connectivity index (χ4n) is 10.5. The first kappa shape index (κ1) is 55.2. The number of Topliss-reactive ketones (excluding diaryl/α,β-unsaturated/α-hetero) is 1. The van der Waals surface area contributed by atoms with Gasteiger partial charge in [-0.15, -0.1) is 11.3 Å². The second-order valence-electron chi connectivity index (χ2n) is 22.0. The summed E-state index contributed by atoms with van der Waals surface area (Å²) in [6.07, 6.45) is 2.87. The molecule has 3 aromatic carbocycles. The van der Waals surface area contributed by atoms with E-state index in [9.17, 15) is 38.3 Å². The highest BCUT2D eigenvalue weighted by atomic mass is 32.1. The maximum atomic E-state index is 14.7. The molecule has 4 heterocycles. The van der Waals surface area contributed by atoms with Gasteiger partial charge < -0.3 is 41.6 Å². The largest absolute Gasteiger partial charge is 0.493 e. The van der Waals surface area contributed by atoms with Crippen LogP contribution in [0.3, 0.4) is 0 Å². The summed E-state index contributed by atoms with van der Waals surface area (Å²) in [4.78, 5) is 88.4. The van der Waals surface area contributed by atoms with Crippen LogP contribution in [0.5, 0.6) is 5.75 Å². The average molecular weight is 1050 g/mol. The van der Waals surface area contributed by atoms with Gasteiger partial charge in [-0.25, -0.2) is 9.37 Å². The molecule has 0 unspecified atom stereocenters. The van der Waals surface area contributed by atoms with Crippen molar-refractivity contribution < 1.29 is 47.7 Å². The zero-order valence-corrected chi connectivity index (χ0v) is 44.5. The Labute approximate surface area is 442 Å². The van der Waals surface area contributed by atoms with Crippen molar-refractivity contribution in [3.63, 3.8) is 0 Å². The first-order valence-electron chi connectivity index (χ1n) is 26.3. The summed E-state index contributed by atoms with van der Waals surface area (Å²) < 4.78 is 27.5. The number of carbonyl (C=O) groups excluding carboxylic acids is 6. The third-order valence-corrected chi connectivity index (χ3v) is 16.3. The number of benzene rings is 3. The number of ketones is 1. The van der Waals surface area contributed by atoms with E-state index in [2.05, 4.69) is 27.8 Å². The molecular weight excluding hydrogens is 978 g/mol. The number of alkyl halides is 1. The van der Waals surface area contributed by atoms with Crippen molar-refractivity contribution >= 4 is 52.3 Å². The number of aliphatic hydroxyl groups excluding tert-OH is 1. The number of β-amino-alcohol motifs (C(OH)–C–C–N with tert-alkyl or cyclic N) is 1. The van der Waals surface area contributed by atoms with Gasteiger partial charge in [0.15, 0.2) is 11.5 Å². The molecule has 3 aliphatic heterocycles. The van der Waals surface area contributed by atoms with E-state index in [-0.39, 0.29) is 70.0 Å². The average Bonchev–Trinajstić information content (AvgIpc) is 3.64. The van der Waals surface area contributed by atoms with Crippen LogP contribution in [0.1, 0.15) is 119 Å². The molecule has 1 saturated heterocycles. The Kier molecular flexibility index (Phi) is 17.2. The minimum absolute atomic E-state index is 0.0396. The smallest absolute Gasteiger partial charge is 0.244 e. The zero-order valence-electron chi connectivity index (χ0n) is 43.7. The predicted molar refractivity (Wildman–Crippen MR) is 283 cm³/mol. The number of rotatable bonds is 23. The van der Waals surface area contributed by atoms with Crippen LogP contribution in [0.15, 0.2) is 66.2 Å². The summed E-state index contributed by atoms with van der Waals surface area (Å²) >= 11 is 1.52. The number of hydrogen-bond donors (Lipinski definition) is 5. The van der Waals surface area contributed by atoms with Crippen LogP contribution in [-0.2, 0) is 65.9 Å². The molecule has 7 atom stereocenters. The number of halogens is 1. The number of ether oxygens (including phenoxy) is 2. The van der Waals surface area contributed by atoms with E-state index in [0.29, 0.717) is 31.6 Å². The Bertz CT molecular complexity index is 2760. The van der Waals surface area contributed by atoms with E-state index in [1.54, 1.807) is 10.4 Å². The minimum Gasteiger partial charge on any atom is -0.493 e. The summed E-state index contributed by atoms with van der Waals surface area (Å²) in [5.74, 6) is -2.83. The number of hydrogen-bond acceptors (Lipinski definition) is 12. The topological polar surface area (TPSA) is 237 Å². The fourth-order valence-corrected chi connectivity index (χ4v) is 11.3. The zero-order chi connectivity index (χ0) is 53.8. The van der Waals surface area contributed by atoms with Gasteiger partial charge in [0.1, 0.15) is 17.8 Å². The Morgan fingerprint density at radius 1 is 1.00 bits per heavy atom.